The van der Waals surface area contributed by atoms with E-state index in [2.05, 4.69) is 37.3 Å². The molecule has 0 aliphatic rings. The molecule has 0 atom stereocenters. The summed E-state index contributed by atoms with van der Waals surface area (Å²) < 4.78 is 7.16. The molecular weight excluding hydrogens is 325 g/mol. The zero-order chi connectivity index (χ0) is 11.5. The summed E-state index contributed by atoms with van der Waals surface area (Å²) in [5.74, 6) is -0.365. The number of hydrogen-bond donors (Lipinski definition) is 1. The smallest absolute Gasteiger partial charge is 0.352 e. The Morgan fingerprint density at radius 1 is 1.62 bits per heavy atom. The van der Waals surface area contributed by atoms with Gasteiger partial charge in [-0.25, -0.2) is 4.79 Å². The average Bonchev–Trinajstić information content (AvgIpc) is 2.83. The van der Waals surface area contributed by atoms with Crippen molar-refractivity contribution < 1.29 is 14.4 Å². The van der Waals surface area contributed by atoms with Crippen LogP contribution in [0.2, 0.25) is 0 Å². The van der Waals surface area contributed by atoms with Gasteiger partial charge in [-0.2, -0.15) is 4.98 Å². The summed E-state index contributed by atoms with van der Waals surface area (Å²) in [6, 6.07) is 1.62. The first-order chi connectivity index (χ1) is 7.66. The van der Waals surface area contributed by atoms with E-state index in [1.807, 2.05) is 0 Å². The summed E-state index contributed by atoms with van der Waals surface area (Å²) in [4.78, 5) is 14.8. The molecule has 2 aromatic rings. The minimum absolute atomic E-state index is 0.271. The second kappa shape index (κ2) is 4.64. The molecule has 0 aliphatic carbocycles. The van der Waals surface area contributed by atoms with Crippen LogP contribution in [0, 0.1) is 3.57 Å². The molecule has 2 rings (SSSR count). The lowest BCUT2D eigenvalue weighted by molar-refractivity contribution is 0.0685. The number of aromatic nitrogens is 3. The number of rotatable bonds is 4. The van der Waals surface area contributed by atoms with Gasteiger partial charge in [-0.1, -0.05) is 5.16 Å². The lowest BCUT2D eigenvalue weighted by Crippen LogP contribution is -2.09. The average molecular weight is 333 g/mol. The van der Waals surface area contributed by atoms with E-state index in [0.717, 1.165) is 3.57 Å². The van der Waals surface area contributed by atoms with Crippen LogP contribution in [0.3, 0.4) is 0 Å². The third kappa shape index (κ3) is 2.40. The van der Waals surface area contributed by atoms with Crippen LogP contribution >= 0.6 is 22.6 Å². The largest absolute Gasteiger partial charge is 0.477 e. The Labute approximate surface area is 104 Å². The van der Waals surface area contributed by atoms with Gasteiger partial charge in [0.25, 0.3) is 0 Å². The van der Waals surface area contributed by atoms with Gasteiger partial charge in [-0.15, -0.1) is 0 Å². The fourth-order valence-corrected chi connectivity index (χ4v) is 1.99. The maximum atomic E-state index is 10.9. The van der Waals surface area contributed by atoms with E-state index < -0.39 is 5.97 Å². The lowest BCUT2D eigenvalue weighted by Gasteiger charge is -2.03. The fourth-order valence-electron chi connectivity index (χ4n) is 1.36. The van der Waals surface area contributed by atoms with Crippen molar-refractivity contribution in [3.63, 3.8) is 0 Å². The van der Waals surface area contributed by atoms with E-state index in [0.29, 0.717) is 18.8 Å². The molecule has 0 radical (unpaired) electrons. The quantitative estimate of drug-likeness (QED) is 0.856. The summed E-state index contributed by atoms with van der Waals surface area (Å²) in [7, 11) is 0. The molecule has 0 saturated carbocycles. The number of carboxylic acid groups (broad SMARTS) is 1. The molecule has 84 valence electrons. The molecule has 0 unspecified atom stereocenters. The van der Waals surface area contributed by atoms with Gasteiger partial charge >= 0.3 is 5.97 Å². The molecule has 1 N–H and O–H groups in total. The number of carbonyl (C=O) groups is 1. The number of aromatic carboxylic acids is 1. The minimum atomic E-state index is -0.934. The summed E-state index contributed by atoms with van der Waals surface area (Å²) >= 11 is 2.08. The predicted octanol–water partition coefficient (Wildman–Crippen LogP) is 1.42. The van der Waals surface area contributed by atoms with Crippen LogP contribution in [0.1, 0.15) is 16.3 Å². The summed E-state index contributed by atoms with van der Waals surface area (Å²) in [6.07, 6.45) is 3.58. The number of hydrogen-bond acceptors (Lipinski definition) is 4. The second-order valence-corrected chi connectivity index (χ2v) is 4.39. The van der Waals surface area contributed by atoms with Gasteiger partial charge in [0, 0.05) is 22.7 Å². The highest BCUT2D eigenvalue weighted by atomic mass is 127. The maximum Gasteiger partial charge on any atom is 0.352 e. The fraction of sp³-hybridized carbons (Fsp3) is 0.222. The van der Waals surface area contributed by atoms with Crippen molar-refractivity contribution in [3.8, 4) is 0 Å². The third-order valence-electron chi connectivity index (χ3n) is 2.07. The molecule has 0 spiro atoms. The van der Waals surface area contributed by atoms with Gasteiger partial charge in [-0.3, -0.25) is 0 Å². The standard InChI is InChI=1S/C9H8IN3O3/c10-6-3-7(9(14)15)13(4-6)2-1-8-11-5-16-12-8/h3-5H,1-2H2,(H,14,15). The van der Waals surface area contributed by atoms with Gasteiger partial charge in [0.15, 0.2) is 5.82 Å². The molecule has 0 aliphatic heterocycles. The molecule has 0 amide bonds. The first-order valence-corrected chi connectivity index (χ1v) is 5.59. The Kier molecular flexibility index (Phi) is 3.22. The van der Waals surface area contributed by atoms with E-state index in [9.17, 15) is 4.79 Å². The molecule has 7 heteroatoms. The van der Waals surface area contributed by atoms with Crippen LogP contribution in [0.25, 0.3) is 0 Å². The van der Waals surface area contributed by atoms with Crippen molar-refractivity contribution in [3.05, 3.63) is 33.7 Å². The topological polar surface area (TPSA) is 81.1 Å². The summed E-state index contributed by atoms with van der Waals surface area (Å²) in [5.41, 5.74) is 0.271. The van der Waals surface area contributed by atoms with Crippen LogP contribution in [0.4, 0.5) is 0 Å². The van der Waals surface area contributed by atoms with Crippen LogP contribution in [-0.4, -0.2) is 25.8 Å². The van der Waals surface area contributed by atoms with Crippen molar-refractivity contribution in [2.24, 2.45) is 0 Å². The van der Waals surface area contributed by atoms with Crippen LogP contribution < -0.4 is 0 Å². The Morgan fingerprint density at radius 2 is 2.44 bits per heavy atom. The molecule has 2 aromatic heterocycles. The molecular formula is C9H8IN3O3. The number of halogens is 1. The summed E-state index contributed by atoms with van der Waals surface area (Å²) in [5, 5.41) is 12.6. The summed E-state index contributed by atoms with van der Waals surface area (Å²) in [6.45, 7) is 0.518. The maximum absolute atomic E-state index is 10.9. The minimum Gasteiger partial charge on any atom is -0.477 e. The van der Waals surface area contributed by atoms with Crippen molar-refractivity contribution >= 4 is 28.6 Å². The molecule has 0 aromatic carbocycles. The third-order valence-corrected chi connectivity index (χ3v) is 2.66. The Hall–Kier alpha value is -1.38. The van der Waals surface area contributed by atoms with Gasteiger partial charge < -0.3 is 14.2 Å². The van der Waals surface area contributed by atoms with E-state index in [-0.39, 0.29) is 5.69 Å². The zero-order valence-corrected chi connectivity index (χ0v) is 10.3. The van der Waals surface area contributed by atoms with E-state index >= 15 is 0 Å². The number of carboxylic acids is 1. The van der Waals surface area contributed by atoms with Crippen LogP contribution in [0.5, 0.6) is 0 Å². The van der Waals surface area contributed by atoms with Gasteiger partial charge in [0.2, 0.25) is 6.39 Å². The van der Waals surface area contributed by atoms with Crippen molar-refractivity contribution in [1.29, 1.82) is 0 Å². The van der Waals surface area contributed by atoms with Gasteiger partial charge in [0.05, 0.1) is 0 Å². The molecule has 0 fully saturated rings. The highest BCUT2D eigenvalue weighted by Gasteiger charge is 2.11. The SMILES string of the molecule is O=C(O)c1cc(I)cn1CCc1ncon1. The molecule has 0 bridgehead atoms. The monoisotopic (exact) mass is 333 g/mol. The van der Waals surface area contributed by atoms with Gasteiger partial charge in [0.1, 0.15) is 5.69 Å². The first-order valence-electron chi connectivity index (χ1n) is 4.51. The second-order valence-electron chi connectivity index (χ2n) is 3.14. The van der Waals surface area contributed by atoms with Crippen LogP contribution in [0.15, 0.2) is 23.2 Å². The molecule has 2 heterocycles. The highest BCUT2D eigenvalue weighted by Crippen LogP contribution is 2.12. The van der Waals surface area contributed by atoms with Crippen molar-refractivity contribution in [2.75, 3.05) is 0 Å². The van der Waals surface area contributed by atoms with E-state index in [4.69, 9.17) is 5.11 Å². The number of aryl methyl sites for hydroxylation is 2. The van der Waals surface area contributed by atoms with E-state index in [1.165, 1.54) is 6.39 Å². The Balaban J connectivity index is 2.12. The van der Waals surface area contributed by atoms with Crippen molar-refractivity contribution in [1.82, 2.24) is 14.7 Å². The molecule has 16 heavy (non-hydrogen) atoms. The predicted molar refractivity (Wildman–Crippen MR) is 62.1 cm³/mol. The normalized spacial score (nSPS) is 10.6. The lowest BCUT2D eigenvalue weighted by atomic mass is 10.4. The molecule has 6 nitrogen and oxygen atoms in total. The zero-order valence-electron chi connectivity index (χ0n) is 8.13. The van der Waals surface area contributed by atoms with E-state index in [1.54, 1.807) is 16.8 Å². The molecule has 0 saturated heterocycles. The Bertz CT molecular complexity index is 492. The highest BCUT2D eigenvalue weighted by molar-refractivity contribution is 14.1. The first kappa shape index (κ1) is 11.1. The Morgan fingerprint density at radius 3 is 3.06 bits per heavy atom. The van der Waals surface area contributed by atoms with Crippen LogP contribution in [-0.2, 0) is 13.0 Å². The van der Waals surface area contributed by atoms with Crippen molar-refractivity contribution in [2.45, 2.75) is 13.0 Å². The van der Waals surface area contributed by atoms with Gasteiger partial charge in [-0.05, 0) is 28.7 Å². The number of nitrogens with zero attached hydrogens (tertiary/aromatic N) is 3.